The summed E-state index contributed by atoms with van der Waals surface area (Å²) in [6, 6.07) is 0. The van der Waals surface area contributed by atoms with Crippen LogP contribution in [0.4, 0.5) is 0 Å². The average Bonchev–Trinajstić information content (AvgIpc) is 1.98. The van der Waals surface area contributed by atoms with Gasteiger partial charge in [-0.1, -0.05) is 0 Å². The number of hydrogen-bond donors (Lipinski definition) is 4. The highest BCUT2D eigenvalue weighted by Crippen LogP contribution is 2.03. The second-order valence-electron chi connectivity index (χ2n) is 2.84. The molecule has 0 heterocycles. The summed E-state index contributed by atoms with van der Waals surface area (Å²) in [6.07, 6.45) is -1.42. The molecule has 0 spiro atoms. The van der Waals surface area contributed by atoms with Crippen molar-refractivity contribution in [1.29, 1.82) is 0 Å². The van der Waals surface area contributed by atoms with E-state index >= 15 is 0 Å². The van der Waals surface area contributed by atoms with Gasteiger partial charge in [0.25, 0.3) is 0 Å². The molecule has 3 atom stereocenters. The van der Waals surface area contributed by atoms with E-state index in [1.807, 2.05) is 0 Å². The smallest absolute Gasteiger partial charge is 0.328 e. The molecule has 0 aliphatic heterocycles. The minimum Gasteiger partial charge on any atom is -0.478 e. The van der Waals surface area contributed by atoms with Crippen LogP contribution >= 0.6 is 0 Å². The van der Waals surface area contributed by atoms with Gasteiger partial charge in [-0.3, -0.25) is 0 Å². The number of hydrogen-bond acceptors (Lipinski definition) is 4. The topological polar surface area (TPSA) is 98.0 Å². The normalized spacial score (nSPS) is 18.5. The molecule has 3 unspecified atom stereocenters. The van der Waals surface area contributed by atoms with Crippen LogP contribution in [-0.4, -0.2) is 44.7 Å². The van der Waals surface area contributed by atoms with Crippen molar-refractivity contribution in [3.05, 3.63) is 12.2 Å². The van der Waals surface area contributed by atoms with Crippen LogP contribution in [0.5, 0.6) is 0 Å². The van der Waals surface area contributed by atoms with Crippen LogP contribution in [0.25, 0.3) is 0 Å². The molecular formula is C8H14O5. The van der Waals surface area contributed by atoms with Crippen molar-refractivity contribution in [1.82, 2.24) is 0 Å². The lowest BCUT2D eigenvalue weighted by Crippen LogP contribution is -2.27. The Morgan fingerprint density at radius 3 is 2.31 bits per heavy atom. The highest BCUT2D eigenvalue weighted by Gasteiger charge is 2.15. The lowest BCUT2D eigenvalue weighted by Gasteiger charge is -2.15. The summed E-state index contributed by atoms with van der Waals surface area (Å²) in [5.74, 6) is -1.19. The van der Waals surface area contributed by atoms with Crippen molar-refractivity contribution in [2.24, 2.45) is 0 Å². The zero-order valence-corrected chi connectivity index (χ0v) is 7.29. The maximum atomic E-state index is 10.0. The van der Waals surface area contributed by atoms with Gasteiger partial charge in [0.2, 0.25) is 0 Å². The standard InChI is InChI=1S/C8H14O5/c1-5(9)4-7(11)6(10)2-3-8(12)13/h2-3,5-7,9-11H,4H2,1H3,(H,12,13)/b3-2+. The van der Waals surface area contributed by atoms with E-state index in [-0.39, 0.29) is 6.42 Å². The van der Waals surface area contributed by atoms with Gasteiger partial charge in [0.15, 0.2) is 0 Å². The van der Waals surface area contributed by atoms with Crippen LogP contribution in [0, 0.1) is 0 Å². The van der Waals surface area contributed by atoms with Gasteiger partial charge in [-0.15, -0.1) is 0 Å². The first-order valence-electron chi connectivity index (χ1n) is 3.88. The predicted molar refractivity (Wildman–Crippen MR) is 45.1 cm³/mol. The van der Waals surface area contributed by atoms with Crippen LogP contribution in [0.1, 0.15) is 13.3 Å². The van der Waals surface area contributed by atoms with Gasteiger partial charge in [-0.25, -0.2) is 4.79 Å². The summed E-state index contributed by atoms with van der Waals surface area (Å²) in [5, 5.41) is 35.3. The lowest BCUT2D eigenvalue weighted by molar-refractivity contribution is -0.131. The first-order chi connectivity index (χ1) is 5.93. The van der Waals surface area contributed by atoms with E-state index in [4.69, 9.17) is 20.4 Å². The summed E-state index contributed by atoms with van der Waals surface area (Å²) in [5.41, 5.74) is 0. The van der Waals surface area contributed by atoms with E-state index in [1.54, 1.807) is 0 Å². The fourth-order valence-corrected chi connectivity index (χ4v) is 0.798. The molecule has 5 heteroatoms. The molecule has 0 aliphatic carbocycles. The Morgan fingerprint density at radius 1 is 1.38 bits per heavy atom. The van der Waals surface area contributed by atoms with Crippen LogP contribution in [0.3, 0.4) is 0 Å². The second-order valence-corrected chi connectivity index (χ2v) is 2.84. The highest BCUT2D eigenvalue weighted by molar-refractivity contribution is 5.79. The maximum absolute atomic E-state index is 10.0. The molecule has 0 aromatic heterocycles. The second kappa shape index (κ2) is 5.69. The molecule has 0 amide bonds. The molecule has 0 bridgehead atoms. The molecule has 0 saturated carbocycles. The van der Waals surface area contributed by atoms with E-state index in [2.05, 4.69) is 0 Å². The molecule has 0 radical (unpaired) electrons. The average molecular weight is 190 g/mol. The van der Waals surface area contributed by atoms with Gasteiger partial charge in [0, 0.05) is 12.5 Å². The molecule has 0 fully saturated rings. The fourth-order valence-electron chi connectivity index (χ4n) is 0.798. The third-order valence-corrected chi connectivity index (χ3v) is 1.41. The maximum Gasteiger partial charge on any atom is 0.328 e. The molecule has 0 saturated heterocycles. The summed E-state index contributed by atoms with van der Waals surface area (Å²) in [7, 11) is 0. The molecule has 0 aliphatic rings. The number of carbonyl (C=O) groups is 1. The molecule has 76 valence electrons. The molecule has 5 nitrogen and oxygen atoms in total. The Labute approximate surface area is 75.9 Å². The molecule has 13 heavy (non-hydrogen) atoms. The van der Waals surface area contributed by atoms with Crippen molar-refractivity contribution in [2.75, 3.05) is 0 Å². The summed E-state index contributed by atoms with van der Waals surface area (Å²) in [4.78, 5) is 10.0. The van der Waals surface area contributed by atoms with Gasteiger partial charge in [-0.05, 0) is 13.0 Å². The van der Waals surface area contributed by atoms with Gasteiger partial charge in [-0.2, -0.15) is 0 Å². The van der Waals surface area contributed by atoms with Crippen LogP contribution in [0.15, 0.2) is 12.2 Å². The van der Waals surface area contributed by atoms with Crippen LogP contribution < -0.4 is 0 Å². The first kappa shape index (κ1) is 12.1. The largest absolute Gasteiger partial charge is 0.478 e. The summed E-state index contributed by atoms with van der Waals surface area (Å²) >= 11 is 0. The fraction of sp³-hybridized carbons (Fsp3) is 0.625. The van der Waals surface area contributed by atoms with Crippen molar-refractivity contribution < 1.29 is 25.2 Å². The number of aliphatic hydroxyl groups is 3. The Kier molecular flexibility index (Phi) is 5.29. The Balaban J connectivity index is 3.95. The van der Waals surface area contributed by atoms with E-state index < -0.39 is 24.3 Å². The third kappa shape index (κ3) is 6.27. The number of aliphatic hydroxyl groups excluding tert-OH is 3. The molecule has 0 aromatic rings. The van der Waals surface area contributed by atoms with E-state index in [0.717, 1.165) is 12.2 Å². The number of carboxylic acids is 1. The minimum atomic E-state index is -1.26. The minimum absolute atomic E-state index is 0.00509. The zero-order chi connectivity index (χ0) is 10.4. The van der Waals surface area contributed by atoms with Gasteiger partial charge >= 0.3 is 5.97 Å². The van der Waals surface area contributed by atoms with Crippen molar-refractivity contribution >= 4 is 5.97 Å². The Hall–Kier alpha value is -0.910. The Bertz CT molecular complexity index is 187. The third-order valence-electron chi connectivity index (χ3n) is 1.41. The van der Waals surface area contributed by atoms with Crippen LogP contribution in [0.2, 0.25) is 0 Å². The number of carboxylic acid groups (broad SMARTS) is 1. The van der Waals surface area contributed by atoms with Crippen molar-refractivity contribution in [3.8, 4) is 0 Å². The quantitative estimate of drug-likeness (QED) is 0.422. The number of rotatable bonds is 5. The SMILES string of the molecule is CC(O)CC(O)C(O)/C=C/C(=O)O. The summed E-state index contributed by atoms with van der Waals surface area (Å²) < 4.78 is 0. The monoisotopic (exact) mass is 190 g/mol. The predicted octanol–water partition coefficient (Wildman–Crippen LogP) is -0.880. The lowest BCUT2D eigenvalue weighted by atomic mass is 10.1. The van der Waals surface area contributed by atoms with E-state index in [0.29, 0.717) is 0 Å². The molecule has 0 aromatic carbocycles. The van der Waals surface area contributed by atoms with E-state index in [9.17, 15) is 4.79 Å². The molecule has 0 rings (SSSR count). The Morgan fingerprint density at radius 2 is 1.92 bits per heavy atom. The van der Waals surface area contributed by atoms with E-state index in [1.165, 1.54) is 6.92 Å². The van der Waals surface area contributed by atoms with Gasteiger partial charge < -0.3 is 20.4 Å². The zero-order valence-electron chi connectivity index (χ0n) is 7.29. The van der Waals surface area contributed by atoms with Gasteiger partial charge in [0.1, 0.15) is 0 Å². The van der Waals surface area contributed by atoms with Crippen molar-refractivity contribution in [3.63, 3.8) is 0 Å². The number of aliphatic carboxylic acids is 1. The summed E-state index contributed by atoms with van der Waals surface area (Å²) in [6.45, 7) is 1.47. The molecule has 4 N–H and O–H groups in total. The highest BCUT2D eigenvalue weighted by atomic mass is 16.4. The molecular weight excluding hydrogens is 176 g/mol. The van der Waals surface area contributed by atoms with Crippen molar-refractivity contribution in [2.45, 2.75) is 31.7 Å². The van der Waals surface area contributed by atoms with Crippen LogP contribution in [-0.2, 0) is 4.79 Å². The van der Waals surface area contributed by atoms with Gasteiger partial charge in [0.05, 0.1) is 18.3 Å². The first-order valence-corrected chi connectivity index (χ1v) is 3.88.